The van der Waals surface area contributed by atoms with Gasteiger partial charge in [0.05, 0.1) is 18.8 Å². The van der Waals surface area contributed by atoms with Gasteiger partial charge in [-0.3, -0.25) is 0 Å². The molecule has 1 aliphatic rings. The van der Waals surface area contributed by atoms with Gasteiger partial charge in [-0.2, -0.15) is 0 Å². The lowest BCUT2D eigenvalue weighted by molar-refractivity contribution is 0.143. The average molecular weight is 237 g/mol. The molecule has 0 unspecified atom stereocenters. The molecule has 0 atom stereocenters. The van der Waals surface area contributed by atoms with Crippen LogP contribution in [-0.4, -0.2) is 33.8 Å². The summed E-state index contributed by atoms with van der Waals surface area (Å²) in [6.45, 7) is 2.85. The fourth-order valence-corrected chi connectivity index (χ4v) is 1.89. The van der Waals surface area contributed by atoms with Crippen molar-refractivity contribution in [2.45, 2.75) is 38.1 Å². The van der Waals surface area contributed by atoms with E-state index in [-0.39, 0.29) is 12.1 Å². The molecule has 1 fully saturated rings. The van der Waals surface area contributed by atoms with Crippen LogP contribution in [-0.2, 0) is 0 Å². The summed E-state index contributed by atoms with van der Waals surface area (Å²) in [5.41, 5.74) is -0.184. The van der Waals surface area contributed by atoms with Crippen molar-refractivity contribution in [2.75, 3.05) is 18.5 Å². The van der Waals surface area contributed by atoms with Gasteiger partial charge in [0.1, 0.15) is 12.1 Å². The second-order valence-corrected chi connectivity index (χ2v) is 4.51. The van der Waals surface area contributed by atoms with E-state index in [0.717, 1.165) is 31.5 Å². The summed E-state index contributed by atoms with van der Waals surface area (Å²) in [5.74, 6) is 1.30. The average Bonchev–Trinajstić information content (AvgIpc) is 2.32. The standard InChI is InChI=1S/C12H19N3O2/c1-2-6-17-11-7-10(13-9-14-11)15-12(8-16)4-3-5-12/h7,9,16H,2-6,8H2,1H3,(H,13,14,15). The molecule has 1 heterocycles. The third kappa shape index (κ3) is 2.85. The van der Waals surface area contributed by atoms with Crippen LogP contribution in [0.2, 0.25) is 0 Å². The molecule has 1 aromatic rings. The van der Waals surface area contributed by atoms with Crippen LogP contribution in [0.4, 0.5) is 5.82 Å². The Balaban J connectivity index is 2.00. The summed E-state index contributed by atoms with van der Waals surface area (Å²) >= 11 is 0. The Labute approximate surface area is 101 Å². The van der Waals surface area contributed by atoms with E-state index in [9.17, 15) is 5.11 Å². The molecule has 94 valence electrons. The fraction of sp³-hybridized carbons (Fsp3) is 0.667. The predicted octanol–water partition coefficient (Wildman–Crippen LogP) is 1.59. The Kier molecular flexibility index (Phi) is 3.78. The quantitative estimate of drug-likeness (QED) is 0.786. The molecule has 0 saturated heterocycles. The molecule has 2 N–H and O–H groups in total. The van der Waals surface area contributed by atoms with Crippen LogP contribution in [0.3, 0.4) is 0 Å². The topological polar surface area (TPSA) is 67.3 Å². The van der Waals surface area contributed by atoms with Gasteiger partial charge in [-0.05, 0) is 25.7 Å². The van der Waals surface area contributed by atoms with Gasteiger partial charge >= 0.3 is 0 Å². The van der Waals surface area contributed by atoms with E-state index in [2.05, 4.69) is 22.2 Å². The van der Waals surface area contributed by atoms with E-state index in [1.165, 1.54) is 6.33 Å². The van der Waals surface area contributed by atoms with Crippen molar-refractivity contribution in [1.82, 2.24) is 9.97 Å². The second kappa shape index (κ2) is 5.31. The Bertz CT molecular complexity index is 361. The van der Waals surface area contributed by atoms with Crippen LogP contribution in [0.1, 0.15) is 32.6 Å². The number of aromatic nitrogens is 2. The zero-order chi connectivity index (χ0) is 12.1. The first kappa shape index (κ1) is 12.1. The SMILES string of the molecule is CCCOc1cc(NC2(CO)CCC2)ncn1. The number of aliphatic hydroxyl groups excluding tert-OH is 1. The minimum atomic E-state index is -0.184. The molecule has 0 amide bonds. The fourth-order valence-electron chi connectivity index (χ4n) is 1.89. The number of aliphatic hydroxyl groups is 1. The van der Waals surface area contributed by atoms with Crippen molar-refractivity contribution in [1.29, 1.82) is 0 Å². The van der Waals surface area contributed by atoms with Crippen molar-refractivity contribution < 1.29 is 9.84 Å². The third-order valence-electron chi connectivity index (χ3n) is 3.10. The maximum atomic E-state index is 9.37. The minimum absolute atomic E-state index is 0.141. The van der Waals surface area contributed by atoms with Gasteiger partial charge in [-0.1, -0.05) is 6.92 Å². The number of nitrogens with zero attached hydrogens (tertiary/aromatic N) is 2. The monoisotopic (exact) mass is 237 g/mol. The Morgan fingerprint density at radius 1 is 1.47 bits per heavy atom. The number of rotatable bonds is 6. The molecule has 2 rings (SSSR count). The molecule has 0 aliphatic heterocycles. The zero-order valence-corrected chi connectivity index (χ0v) is 10.1. The van der Waals surface area contributed by atoms with Gasteiger partial charge in [0, 0.05) is 6.07 Å². The lowest BCUT2D eigenvalue weighted by Crippen LogP contribution is -2.48. The van der Waals surface area contributed by atoms with Gasteiger partial charge in [0.25, 0.3) is 0 Å². The first-order valence-corrected chi connectivity index (χ1v) is 6.12. The third-order valence-corrected chi connectivity index (χ3v) is 3.10. The van der Waals surface area contributed by atoms with Crippen molar-refractivity contribution in [2.24, 2.45) is 0 Å². The molecule has 1 aromatic heterocycles. The number of anilines is 1. The summed E-state index contributed by atoms with van der Waals surface area (Å²) in [5, 5.41) is 12.6. The summed E-state index contributed by atoms with van der Waals surface area (Å²) < 4.78 is 5.44. The molecule has 1 saturated carbocycles. The lowest BCUT2D eigenvalue weighted by Gasteiger charge is -2.41. The van der Waals surface area contributed by atoms with Crippen LogP contribution in [0, 0.1) is 0 Å². The molecule has 0 aromatic carbocycles. The molecule has 0 bridgehead atoms. The first-order chi connectivity index (χ1) is 8.28. The molecule has 0 spiro atoms. The van der Waals surface area contributed by atoms with Crippen LogP contribution in [0.25, 0.3) is 0 Å². The van der Waals surface area contributed by atoms with Crippen LogP contribution >= 0.6 is 0 Å². The van der Waals surface area contributed by atoms with Crippen molar-refractivity contribution in [3.8, 4) is 5.88 Å². The zero-order valence-electron chi connectivity index (χ0n) is 10.1. The minimum Gasteiger partial charge on any atom is -0.478 e. The second-order valence-electron chi connectivity index (χ2n) is 4.51. The van der Waals surface area contributed by atoms with Gasteiger partial charge < -0.3 is 15.2 Å². The first-order valence-electron chi connectivity index (χ1n) is 6.12. The molecule has 5 nitrogen and oxygen atoms in total. The summed E-state index contributed by atoms with van der Waals surface area (Å²) in [6, 6.07) is 1.78. The van der Waals surface area contributed by atoms with Gasteiger partial charge in [-0.25, -0.2) is 9.97 Å². The highest BCUT2D eigenvalue weighted by molar-refractivity contribution is 5.41. The predicted molar refractivity (Wildman–Crippen MR) is 65.1 cm³/mol. The smallest absolute Gasteiger partial charge is 0.218 e. The normalized spacial score (nSPS) is 17.3. The van der Waals surface area contributed by atoms with Gasteiger partial charge in [-0.15, -0.1) is 0 Å². The summed E-state index contributed by atoms with van der Waals surface area (Å²) in [7, 11) is 0. The summed E-state index contributed by atoms with van der Waals surface area (Å²) in [4.78, 5) is 8.19. The van der Waals surface area contributed by atoms with Gasteiger partial charge in [0.2, 0.25) is 5.88 Å². The maximum Gasteiger partial charge on any atom is 0.218 e. The largest absolute Gasteiger partial charge is 0.478 e. The van der Waals surface area contributed by atoms with Crippen LogP contribution in [0.15, 0.2) is 12.4 Å². The highest BCUT2D eigenvalue weighted by Gasteiger charge is 2.36. The van der Waals surface area contributed by atoms with E-state index in [0.29, 0.717) is 12.5 Å². The Morgan fingerprint density at radius 3 is 2.88 bits per heavy atom. The Morgan fingerprint density at radius 2 is 2.29 bits per heavy atom. The highest BCUT2D eigenvalue weighted by atomic mass is 16.5. The molecule has 17 heavy (non-hydrogen) atoms. The van der Waals surface area contributed by atoms with E-state index in [4.69, 9.17) is 4.74 Å². The molecular formula is C12H19N3O2. The van der Waals surface area contributed by atoms with Gasteiger partial charge in [0.15, 0.2) is 0 Å². The molecule has 5 heteroatoms. The maximum absolute atomic E-state index is 9.37. The van der Waals surface area contributed by atoms with Crippen molar-refractivity contribution in [3.05, 3.63) is 12.4 Å². The van der Waals surface area contributed by atoms with Crippen LogP contribution in [0.5, 0.6) is 5.88 Å². The molecule has 0 radical (unpaired) electrons. The molecule has 1 aliphatic carbocycles. The van der Waals surface area contributed by atoms with E-state index in [1.807, 2.05) is 0 Å². The van der Waals surface area contributed by atoms with E-state index >= 15 is 0 Å². The molecular weight excluding hydrogens is 218 g/mol. The number of hydrogen-bond acceptors (Lipinski definition) is 5. The highest BCUT2D eigenvalue weighted by Crippen LogP contribution is 2.34. The van der Waals surface area contributed by atoms with Crippen molar-refractivity contribution in [3.63, 3.8) is 0 Å². The van der Waals surface area contributed by atoms with E-state index in [1.54, 1.807) is 6.07 Å². The number of hydrogen-bond donors (Lipinski definition) is 2. The lowest BCUT2D eigenvalue weighted by atomic mass is 9.77. The summed E-state index contributed by atoms with van der Waals surface area (Å²) in [6.07, 6.45) is 5.56. The number of ether oxygens (including phenoxy) is 1. The van der Waals surface area contributed by atoms with Crippen LogP contribution < -0.4 is 10.1 Å². The van der Waals surface area contributed by atoms with Crippen molar-refractivity contribution >= 4 is 5.82 Å². The van der Waals surface area contributed by atoms with E-state index < -0.39 is 0 Å². The number of nitrogens with one attached hydrogen (secondary N) is 1. The Hall–Kier alpha value is -1.36.